The van der Waals surface area contributed by atoms with E-state index in [1.807, 2.05) is 97.8 Å². The Morgan fingerprint density at radius 3 is 2.02 bits per heavy atom. The van der Waals surface area contributed by atoms with Gasteiger partial charge in [-0.15, -0.1) is 0 Å². The highest BCUT2D eigenvalue weighted by Gasteiger charge is 2.44. The topological polar surface area (TPSA) is 258 Å². The monoisotopic (exact) mass is 1130 g/mol. The molecule has 2 rings (SSSR count). The Bertz CT molecular complexity index is 2050. The molecule has 21 heteroatoms. The molecular weight excluding hydrogens is 1030 g/mol. The van der Waals surface area contributed by atoms with Crippen LogP contribution in [0.4, 0.5) is 0 Å². The molecule has 456 valence electrons. The zero-order valence-electron chi connectivity index (χ0n) is 50.8. The molecule has 2 unspecified atom stereocenters. The number of carbonyl (C=O) groups excluding carboxylic acids is 8. The molecule has 12 atom stereocenters. The molecular formula is C59H100N6O15. The second-order valence-corrected chi connectivity index (χ2v) is 22.2. The molecule has 1 fully saturated rings. The van der Waals surface area contributed by atoms with Crippen LogP contribution in [0.15, 0.2) is 30.3 Å². The summed E-state index contributed by atoms with van der Waals surface area (Å²) in [5.41, 5.74) is 0.806. The lowest BCUT2D eigenvalue weighted by atomic mass is 9.83. The highest BCUT2D eigenvalue weighted by Crippen LogP contribution is 2.31. The SMILES string of the molecule is CCC(CO)OC(COC(=O)CCCC(=O)N[C@@H](C)C(=O)OCCCNC(=O)[C@H](Cc1ccccc1)NC(=O)[C@H](C)[C@@H](OC)[C@@H]1CCCN1C(=O)C[C@@H](OC)[C@H]([C@@H](C)CC)N(C)C(=O)[C@@H](CC(=O)[C@H](C(C)C)N(C)C)C(C)C)OC. The molecule has 0 aliphatic carbocycles. The predicted molar refractivity (Wildman–Crippen MR) is 303 cm³/mol. The maximum absolute atomic E-state index is 14.5. The van der Waals surface area contributed by atoms with Crippen molar-refractivity contribution in [3.63, 3.8) is 0 Å². The molecule has 1 heterocycles. The zero-order chi connectivity index (χ0) is 60.2. The number of esters is 2. The molecule has 21 nitrogen and oxygen atoms in total. The third-order valence-electron chi connectivity index (χ3n) is 15.3. The van der Waals surface area contributed by atoms with Gasteiger partial charge in [0.25, 0.3) is 0 Å². The standard InChI is InChI=1S/C59H100N6O15/c1-16-39(7)54(64(12)58(73)44(37(3)4)33-47(67)53(38(5)6)63(10)11)48(75-13)34-50(69)65-30-22-26-46(65)55(77-15)40(8)56(71)62-45(32-42-24-19-18-20-25-42)57(72)60-29-23-31-78-59(74)41(9)61-49(68)27-21-28-51(70)79-36-52(76-14)80-43(17-2)35-66/h18-20,24-25,37-41,43-46,48,52-55,66H,16-17,21-23,26-36H2,1-15H3,(H,60,72)(H,61,68)(H,62,71)/t39-,40+,41-,43?,44-,45-,46-,48+,52?,53-,54-,55+/m0/s1. The van der Waals surface area contributed by atoms with Crippen LogP contribution in [0.2, 0.25) is 0 Å². The number of aliphatic hydroxyl groups is 1. The fraction of sp³-hybridized carbons (Fsp3) is 0.763. The minimum Gasteiger partial charge on any atom is -0.464 e. The lowest BCUT2D eigenvalue weighted by Crippen LogP contribution is -2.55. The average molecular weight is 1130 g/mol. The fourth-order valence-electron chi connectivity index (χ4n) is 10.5. The van der Waals surface area contributed by atoms with Gasteiger partial charge in [-0.05, 0) is 76.4 Å². The highest BCUT2D eigenvalue weighted by molar-refractivity contribution is 5.91. The number of Topliss-reactive ketones (excluding diaryl/α,β-unsaturated/α-hetero) is 1. The van der Waals surface area contributed by atoms with Gasteiger partial charge in [0.1, 0.15) is 18.7 Å². The number of aliphatic hydroxyl groups excluding tert-OH is 1. The molecule has 1 aliphatic heterocycles. The number of amides is 5. The van der Waals surface area contributed by atoms with Crippen LogP contribution in [-0.2, 0) is 73.2 Å². The van der Waals surface area contributed by atoms with E-state index in [2.05, 4.69) is 16.0 Å². The van der Waals surface area contributed by atoms with Crippen LogP contribution in [0.5, 0.6) is 0 Å². The molecule has 0 spiro atoms. The number of hydrogen-bond acceptors (Lipinski definition) is 16. The minimum atomic E-state index is -0.995. The van der Waals surface area contributed by atoms with Crippen LogP contribution < -0.4 is 16.0 Å². The summed E-state index contributed by atoms with van der Waals surface area (Å²) in [5, 5.41) is 17.7. The highest BCUT2D eigenvalue weighted by atomic mass is 16.7. The number of ether oxygens (including phenoxy) is 6. The van der Waals surface area contributed by atoms with Crippen LogP contribution in [-0.4, -0.2) is 197 Å². The van der Waals surface area contributed by atoms with Crippen molar-refractivity contribution in [1.29, 1.82) is 0 Å². The van der Waals surface area contributed by atoms with Gasteiger partial charge in [0, 0.05) is 73.1 Å². The predicted octanol–water partition coefficient (Wildman–Crippen LogP) is 4.48. The summed E-state index contributed by atoms with van der Waals surface area (Å²) in [6.07, 6.45) is 0.317. The smallest absolute Gasteiger partial charge is 0.328 e. The van der Waals surface area contributed by atoms with E-state index in [4.69, 9.17) is 28.4 Å². The number of nitrogens with one attached hydrogen (secondary N) is 3. The Morgan fingerprint density at radius 2 is 1.46 bits per heavy atom. The van der Waals surface area contributed by atoms with Crippen LogP contribution in [0.1, 0.15) is 132 Å². The first kappa shape index (κ1) is 71.0. The van der Waals surface area contributed by atoms with E-state index in [1.165, 1.54) is 21.1 Å². The van der Waals surface area contributed by atoms with Gasteiger partial charge in [-0.25, -0.2) is 4.79 Å². The summed E-state index contributed by atoms with van der Waals surface area (Å²) < 4.78 is 33.3. The number of hydrogen-bond donors (Lipinski definition) is 4. The first-order valence-electron chi connectivity index (χ1n) is 28.7. The number of rotatable bonds is 39. The van der Waals surface area contributed by atoms with Crippen LogP contribution in [0.25, 0.3) is 0 Å². The molecule has 5 amide bonds. The molecule has 0 saturated carbocycles. The van der Waals surface area contributed by atoms with E-state index in [0.717, 1.165) is 5.56 Å². The second kappa shape index (κ2) is 37.1. The molecule has 0 radical (unpaired) electrons. The van der Waals surface area contributed by atoms with Crippen molar-refractivity contribution >= 4 is 47.3 Å². The summed E-state index contributed by atoms with van der Waals surface area (Å²) in [4.78, 5) is 113. The molecule has 0 bridgehead atoms. The van der Waals surface area contributed by atoms with Gasteiger partial charge < -0.3 is 59.3 Å². The Hall–Kier alpha value is -5.06. The maximum atomic E-state index is 14.5. The number of methoxy groups -OCH3 is 3. The van der Waals surface area contributed by atoms with Gasteiger partial charge in [-0.2, -0.15) is 0 Å². The Kier molecular flexibility index (Phi) is 33.0. The maximum Gasteiger partial charge on any atom is 0.328 e. The fourth-order valence-corrected chi connectivity index (χ4v) is 10.5. The molecule has 1 aromatic carbocycles. The summed E-state index contributed by atoms with van der Waals surface area (Å²) in [5.74, 6) is -4.44. The molecule has 0 aromatic heterocycles. The normalized spacial score (nSPS) is 17.7. The van der Waals surface area contributed by atoms with Crippen LogP contribution in [0, 0.1) is 29.6 Å². The van der Waals surface area contributed by atoms with Crippen LogP contribution >= 0.6 is 0 Å². The molecule has 4 N–H and O–H groups in total. The zero-order valence-corrected chi connectivity index (χ0v) is 50.8. The summed E-state index contributed by atoms with van der Waals surface area (Å²) >= 11 is 0. The third kappa shape index (κ3) is 23.1. The van der Waals surface area contributed by atoms with Crippen molar-refractivity contribution < 1.29 is 71.9 Å². The van der Waals surface area contributed by atoms with Crippen molar-refractivity contribution in [2.24, 2.45) is 29.6 Å². The lowest BCUT2D eigenvalue weighted by Gasteiger charge is -2.41. The number of carbonyl (C=O) groups is 8. The van der Waals surface area contributed by atoms with Gasteiger partial charge in [-0.3, -0.25) is 38.5 Å². The first-order valence-corrected chi connectivity index (χ1v) is 28.7. The van der Waals surface area contributed by atoms with E-state index in [-0.39, 0.29) is 113 Å². The van der Waals surface area contributed by atoms with E-state index in [1.54, 1.807) is 30.9 Å². The van der Waals surface area contributed by atoms with Gasteiger partial charge in [0.05, 0.1) is 62.0 Å². The largest absolute Gasteiger partial charge is 0.464 e. The average Bonchev–Trinajstić information content (AvgIpc) is 3.92. The Labute approximate surface area is 476 Å². The number of likely N-dealkylation sites (N-methyl/N-ethyl adjacent to an activating group) is 2. The van der Waals surface area contributed by atoms with Crippen molar-refractivity contribution in [1.82, 2.24) is 30.7 Å². The van der Waals surface area contributed by atoms with Gasteiger partial charge >= 0.3 is 11.9 Å². The Morgan fingerprint density at radius 1 is 0.787 bits per heavy atom. The van der Waals surface area contributed by atoms with Gasteiger partial charge in [0.15, 0.2) is 12.1 Å². The minimum absolute atomic E-state index is 0.0142. The quantitative estimate of drug-likeness (QED) is 0.0403. The van der Waals surface area contributed by atoms with E-state index in [9.17, 15) is 43.5 Å². The number of ketones is 1. The third-order valence-corrected chi connectivity index (χ3v) is 15.3. The number of benzene rings is 1. The molecule has 1 aromatic rings. The van der Waals surface area contributed by atoms with Crippen molar-refractivity contribution in [3.05, 3.63) is 35.9 Å². The van der Waals surface area contributed by atoms with E-state index in [0.29, 0.717) is 32.2 Å². The summed E-state index contributed by atoms with van der Waals surface area (Å²) in [7, 11) is 9.94. The Balaban J connectivity index is 2.07. The first-order chi connectivity index (χ1) is 37.9. The van der Waals surface area contributed by atoms with E-state index >= 15 is 0 Å². The van der Waals surface area contributed by atoms with Gasteiger partial charge in [-0.1, -0.05) is 92.1 Å². The van der Waals surface area contributed by atoms with E-state index < -0.39 is 90.3 Å². The lowest BCUT2D eigenvalue weighted by molar-refractivity contribution is -0.194. The summed E-state index contributed by atoms with van der Waals surface area (Å²) in [6.45, 7) is 17.1. The summed E-state index contributed by atoms with van der Waals surface area (Å²) in [6, 6.07) is 5.97. The van der Waals surface area contributed by atoms with Crippen molar-refractivity contribution in [2.45, 2.75) is 188 Å². The van der Waals surface area contributed by atoms with Gasteiger partial charge in [0.2, 0.25) is 29.5 Å². The molecule has 1 aliphatic rings. The number of nitrogens with zero attached hydrogens (tertiary/aromatic N) is 3. The second-order valence-electron chi connectivity index (χ2n) is 22.2. The van der Waals surface area contributed by atoms with Crippen molar-refractivity contribution in [2.75, 3.05) is 75.4 Å². The van der Waals surface area contributed by atoms with Crippen LogP contribution in [0.3, 0.4) is 0 Å². The number of likely N-dealkylation sites (tertiary alicyclic amines) is 1. The molecule has 80 heavy (non-hydrogen) atoms. The van der Waals surface area contributed by atoms with Crippen molar-refractivity contribution in [3.8, 4) is 0 Å². The molecule has 1 saturated heterocycles.